The van der Waals surface area contributed by atoms with E-state index >= 15 is 0 Å². The van der Waals surface area contributed by atoms with Crippen LogP contribution in [0.3, 0.4) is 0 Å². The van der Waals surface area contributed by atoms with E-state index in [2.05, 4.69) is 19.1 Å². The van der Waals surface area contributed by atoms with E-state index in [-0.39, 0.29) is 19.6 Å². The molecule has 224 valence electrons. The number of carbonyl (C=O) groups is 2. The lowest BCUT2D eigenvalue weighted by atomic mass is 10.1. The molecule has 0 radical (unpaired) electrons. The van der Waals surface area contributed by atoms with Crippen LogP contribution >= 0.6 is 7.82 Å². The fourth-order valence-electron chi connectivity index (χ4n) is 3.56. The molecule has 0 rings (SSSR count). The van der Waals surface area contributed by atoms with Gasteiger partial charge < -0.3 is 18.9 Å². The van der Waals surface area contributed by atoms with E-state index in [4.69, 9.17) is 18.5 Å². The standard InChI is InChI=1S/C28H54NO8P/c1-6-7-8-9-10-11-12-13-14-15-16-17-18-19-20-21-28(31)37-27(24-34-26(2)30)25-36-38(32,33)35-23-22-29(3,4)5/h13-14,27H,6-12,15-25H2,1-5H3/p+1/b14-13-/t27-/m1/s1. The molecule has 0 aromatic heterocycles. The van der Waals surface area contributed by atoms with Crippen LogP contribution in [0.1, 0.15) is 104 Å². The molecule has 0 aromatic carbocycles. The van der Waals surface area contributed by atoms with E-state index in [1.807, 2.05) is 21.1 Å². The number of rotatable bonds is 25. The molecule has 0 aliphatic carbocycles. The summed E-state index contributed by atoms with van der Waals surface area (Å²) < 4.78 is 32.9. The fourth-order valence-corrected chi connectivity index (χ4v) is 4.30. The Kier molecular flexibility index (Phi) is 21.8. The Bertz CT molecular complexity index is 693. The van der Waals surface area contributed by atoms with Gasteiger partial charge in [-0.25, -0.2) is 4.57 Å². The lowest BCUT2D eigenvalue weighted by Crippen LogP contribution is -2.37. The Hall–Kier alpha value is -1.25. The van der Waals surface area contributed by atoms with Crippen LogP contribution in [0.25, 0.3) is 0 Å². The van der Waals surface area contributed by atoms with E-state index < -0.39 is 32.5 Å². The predicted molar refractivity (Wildman–Crippen MR) is 151 cm³/mol. The Balaban J connectivity index is 4.06. The number of hydrogen-bond donors (Lipinski definition) is 1. The molecule has 1 unspecified atom stereocenters. The number of esters is 2. The molecule has 10 heteroatoms. The van der Waals surface area contributed by atoms with Gasteiger partial charge in [0.05, 0.1) is 27.7 Å². The molecule has 0 heterocycles. The van der Waals surface area contributed by atoms with Crippen molar-refractivity contribution in [2.75, 3.05) is 47.5 Å². The fraction of sp³-hybridized carbons (Fsp3) is 0.857. The number of phosphoric ester groups is 1. The van der Waals surface area contributed by atoms with Gasteiger partial charge in [0.2, 0.25) is 0 Å². The SMILES string of the molecule is CCCCCCCC/C=C\CCCCCCCC(=O)O[C@H](COC(C)=O)COP(=O)(O)OCC[N+](C)(C)C. The molecule has 0 amide bonds. The quantitative estimate of drug-likeness (QED) is 0.0450. The summed E-state index contributed by atoms with van der Waals surface area (Å²) in [6.45, 7) is 3.34. The summed E-state index contributed by atoms with van der Waals surface area (Å²) in [5.41, 5.74) is 0. The van der Waals surface area contributed by atoms with Crippen molar-refractivity contribution in [3.63, 3.8) is 0 Å². The maximum Gasteiger partial charge on any atom is 0.472 e. The number of likely N-dealkylation sites (N-methyl/N-ethyl adjacent to an activating group) is 1. The number of hydrogen-bond acceptors (Lipinski definition) is 7. The van der Waals surface area contributed by atoms with Crippen molar-refractivity contribution in [2.45, 2.75) is 110 Å². The van der Waals surface area contributed by atoms with Crippen molar-refractivity contribution in [1.82, 2.24) is 0 Å². The van der Waals surface area contributed by atoms with Gasteiger partial charge in [-0.15, -0.1) is 0 Å². The summed E-state index contributed by atoms with van der Waals surface area (Å²) in [4.78, 5) is 33.3. The first kappa shape index (κ1) is 36.8. The highest BCUT2D eigenvalue weighted by Crippen LogP contribution is 2.43. The van der Waals surface area contributed by atoms with Gasteiger partial charge in [0.15, 0.2) is 6.10 Å². The van der Waals surface area contributed by atoms with Gasteiger partial charge in [-0.05, 0) is 32.1 Å². The van der Waals surface area contributed by atoms with Gasteiger partial charge in [0.25, 0.3) is 0 Å². The number of unbranched alkanes of at least 4 members (excludes halogenated alkanes) is 11. The second-order valence-corrected chi connectivity index (χ2v) is 12.3. The van der Waals surface area contributed by atoms with Crippen molar-refractivity contribution in [2.24, 2.45) is 0 Å². The van der Waals surface area contributed by atoms with E-state index in [0.717, 1.165) is 32.1 Å². The van der Waals surface area contributed by atoms with Crippen molar-refractivity contribution in [3.05, 3.63) is 12.2 Å². The third-order valence-electron chi connectivity index (χ3n) is 5.85. The van der Waals surface area contributed by atoms with Gasteiger partial charge in [0.1, 0.15) is 19.8 Å². The minimum absolute atomic E-state index is 0.0289. The number of allylic oxidation sites excluding steroid dienone is 2. The van der Waals surface area contributed by atoms with E-state index in [1.165, 1.54) is 51.9 Å². The highest BCUT2D eigenvalue weighted by Gasteiger charge is 2.26. The summed E-state index contributed by atoms with van der Waals surface area (Å²) in [6, 6.07) is 0. The van der Waals surface area contributed by atoms with Gasteiger partial charge in [0, 0.05) is 13.3 Å². The number of carbonyl (C=O) groups excluding carboxylic acids is 2. The first-order valence-corrected chi connectivity index (χ1v) is 15.8. The Morgan fingerprint density at radius 3 is 1.95 bits per heavy atom. The lowest BCUT2D eigenvalue weighted by molar-refractivity contribution is -0.870. The zero-order chi connectivity index (χ0) is 28.7. The topological polar surface area (TPSA) is 108 Å². The van der Waals surface area contributed by atoms with Gasteiger partial charge in [-0.3, -0.25) is 18.6 Å². The molecular formula is C28H55NO8P+. The highest BCUT2D eigenvalue weighted by atomic mass is 31.2. The molecule has 2 atom stereocenters. The molecular weight excluding hydrogens is 509 g/mol. The van der Waals surface area contributed by atoms with Crippen LogP contribution in [0.15, 0.2) is 12.2 Å². The van der Waals surface area contributed by atoms with Gasteiger partial charge >= 0.3 is 19.8 Å². The number of quaternary nitrogens is 1. The summed E-state index contributed by atoms with van der Waals surface area (Å²) in [5.74, 6) is -1.00. The van der Waals surface area contributed by atoms with Crippen molar-refractivity contribution < 1.29 is 42.1 Å². The maximum atomic E-state index is 12.2. The monoisotopic (exact) mass is 564 g/mol. The van der Waals surface area contributed by atoms with Crippen molar-refractivity contribution in [1.29, 1.82) is 0 Å². The van der Waals surface area contributed by atoms with E-state index in [9.17, 15) is 19.0 Å². The molecule has 38 heavy (non-hydrogen) atoms. The molecule has 1 N–H and O–H groups in total. The van der Waals surface area contributed by atoms with Crippen LogP contribution < -0.4 is 0 Å². The summed E-state index contributed by atoms with van der Waals surface area (Å²) in [7, 11) is 1.46. The number of ether oxygens (including phenoxy) is 2. The van der Waals surface area contributed by atoms with E-state index in [1.54, 1.807) is 0 Å². The summed E-state index contributed by atoms with van der Waals surface area (Å²) >= 11 is 0. The van der Waals surface area contributed by atoms with Crippen LogP contribution in [0, 0.1) is 0 Å². The van der Waals surface area contributed by atoms with Crippen LogP contribution in [-0.2, 0) is 32.7 Å². The third kappa shape index (κ3) is 26.4. The lowest BCUT2D eigenvalue weighted by Gasteiger charge is -2.24. The summed E-state index contributed by atoms with van der Waals surface area (Å²) in [5, 5.41) is 0. The highest BCUT2D eigenvalue weighted by molar-refractivity contribution is 7.47. The second-order valence-electron chi connectivity index (χ2n) is 10.9. The molecule has 0 fully saturated rings. The van der Waals surface area contributed by atoms with Crippen LogP contribution in [0.5, 0.6) is 0 Å². The molecule has 0 bridgehead atoms. The molecule has 9 nitrogen and oxygen atoms in total. The summed E-state index contributed by atoms with van der Waals surface area (Å²) in [6.07, 6.45) is 19.0. The molecule has 0 aromatic rings. The number of phosphoric acid groups is 1. The van der Waals surface area contributed by atoms with Crippen molar-refractivity contribution >= 4 is 19.8 Å². The predicted octanol–water partition coefficient (Wildman–Crippen LogP) is 6.34. The first-order valence-electron chi connectivity index (χ1n) is 14.4. The molecule has 0 saturated heterocycles. The first-order chi connectivity index (χ1) is 17.9. The zero-order valence-corrected chi connectivity index (χ0v) is 25.6. The smallest absolute Gasteiger partial charge is 0.462 e. The molecule has 0 spiro atoms. The van der Waals surface area contributed by atoms with Gasteiger partial charge in [-0.2, -0.15) is 0 Å². The van der Waals surface area contributed by atoms with E-state index in [0.29, 0.717) is 17.4 Å². The average molecular weight is 565 g/mol. The van der Waals surface area contributed by atoms with Crippen molar-refractivity contribution in [3.8, 4) is 0 Å². The Labute approximate surface area is 231 Å². The molecule has 0 aliphatic heterocycles. The van der Waals surface area contributed by atoms with Crippen LogP contribution in [-0.4, -0.2) is 74.9 Å². The van der Waals surface area contributed by atoms with Crippen LogP contribution in [0.2, 0.25) is 0 Å². The maximum absolute atomic E-state index is 12.2. The zero-order valence-electron chi connectivity index (χ0n) is 24.7. The minimum atomic E-state index is -4.32. The van der Waals surface area contributed by atoms with Gasteiger partial charge in [-0.1, -0.05) is 70.4 Å². The number of nitrogens with zero attached hydrogens (tertiary/aromatic N) is 1. The Morgan fingerprint density at radius 1 is 0.842 bits per heavy atom. The molecule has 0 aliphatic rings. The normalized spacial score (nSPS) is 14.4. The average Bonchev–Trinajstić information content (AvgIpc) is 2.82. The second kappa shape index (κ2) is 22.6. The minimum Gasteiger partial charge on any atom is -0.462 e. The largest absolute Gasteiger partial charge is 0.472 e. The third-order valence-corrected chi connectivity index (χ3v) is 6.84. The Morgan fingerprint density at radius 2 is 1.39 bits per heavy atom. The van der Waals surface area contributed by atoms with Crippen LogP contribution in [0.4, 0.5) is 0 Å². The molecule has 0 saturated carbocycles.